The zero-order chi connectivity index (χ0) is 14.4. The second-order valence-corrected chi connectivity index (χ2v) is 4.26. The maximum atomic E-state index is 10.5. The molecule has 0 heterocycles. The first kappa shape index (κ1) is 13.6. The number of amides is 1. The van der Waals surface area contributed by atoms with E-state index in [9.17, 15) is 4.79 Å². The minimum absolute atomic E-state index is 0.130. The molecule has 100 valence electrons. The Morgan fingerprint density at radius 3 is 1.50 bits per heavy atom. The van der Waals surface area contributed by atoms with Crippen LogP contribution in [0.5, 0.6) is 5.75 Å². The molecule has 3 aromatic carbocycles. The van der Waals surface area contributed by atoms with Gasteiger partial charge in [-0.15, -0.1) is 0 Å². The van der Waals surface area contributed by atoms with Gasteiger partial charge in [0.1, 0.15) is 5.75 Å². The third-order valence-electron chi connectivity index (χ3n) is 2.81. The fraction of sp³-hybridized carbons (Fsp3) is 0. The standard InChI is InChI=1S/C10H8.C7H7NO2/c1-2-6-10-8-4-3-7-9(10)5-1;8-7(10)5-1-3-6(9)4-2-5/h1-8H;1-4,9H,(H2,8,10). The lowest BCUT2D eigenvalue weighted by Gasteiger charge is -1.93. The number of primary amides is 1. The van der Waals surface area contributed by atoms with Crippen LogP contribution in [-0.4, -0.2) is 11.0 Å². The fourth-order valence-electron chi connectivity index (χ4n) is 1.76. The number of hydrogen-bond acceptors (Lipinski definition) is 2. The minimum atomic E-state index is -0.486. The van der Waals surface area contributed by atoms with Gasteiger partial charge in [0.05, 0.1) is 0 Å². The molecule has 3 heteroatoms. The third kappa shape index (κ3) is 3.59. The quantitative estimate of drug-likeness (QED) is 0.708. The first-order valence-electron chi connectivity index (χ1n) is 6.19. The fourth-order valence-corrected chi connectivity index (χ4v) is 1.76. The molecule has 0 atom stereocenters. The summed E-state index contributed by atoms with van der Waals surface area (Å²) in [6.45, 7) is 0. The van der Waals surface area contributed by atoms with Crippen LogP contribution in [0.2, 0.25) is 0 Å². The molecule has 0 saturated heterocycles. The molecule has 3 nitrogen and oxygen atoms in total. The van der Waals surface area contributed by atoms with Gasteiger partial charge >= 0.3 is 0 Å². The summed E-state index contributed by atoms with van der Waals surface area (Å²) in [7, 11) is 0. The van der Waals surface area contributed by atoms with Crippen molar-refractivity contribution in [3.05, 3.63) is 78.4 Å². The number of phenolic OH excluding ortho intramolecular Hbond substituents is 1. The van der Waals surface area contributed by atoms with Crippen molar-refractivity contribution in [2.24, 2.45) is 5.73 Å². The average Bonchev–Trinajstić information content (AvgIpc) is 2.48. The number of aromatic hydroxyl groups is 1. The molecule has 0 aliphatic carbocycles. The van der Waals surface area contributed by atoms with Crippen LogP contribution in [0.25, 0.3) is 10.8 Å². The van der Waals surface area contributed by atoms with Crippen molar-refractivity contribution in [2.45, 2.75) is 0 Å². The Morgan fingerprint density at radius 1 is 0.750 bits per heavy atom. The van der Waals surface area contributed by atoms with Gasteiger partial charge in [0.25, 0.3) is 0 Å². The number of benzene rings is 3. The van der Waals surface area contributed by atoms with E-state index in [0.717, 1.165) is 0 Å². The van der Waals surface area contributed by atoms with Gasteiger partial charge in [-0.1, -0.05) is 48.5 Å². The van der Waals surface area contributed by atoms with E-state index >= 15 is 0 Å². The molecule has 0 fully saturated rings. The number of carbonyl (C=O) groups excluding carboxylic acids is 1. The van der Waals surface area contributed by atoms with Gasteiger partial charge in [-0.25, -0.2) is 0 Å². The number of nitrogens with two attached hydrogens (primary N) is 1. The highest BCUT2D eigenvalue weighted by Crippen LogP contribution is 2.11. The maximum absolute atomic E-state index is 10.5. The average molecular weight is 265 g/mol. The number of hydrogen-bond donors (Lipinski definition) is 2. The van der Waals surface area contributed by atoms with Crippen LogP contribution in [0.3, 0.4) is 0 Å². The molecule has 3 N–H and O–H groups in total. The third-order valence-corrected chi connectivity index (χ3v) is 2.81. The van der Waals surface area contributed by atoms with Crippen molar-refractivity contribution in [3.8, 4) is 5.75 Å². The molecule has 0 radical (unpaired) electrons. The van der Waals surface area contributed by atoms with Crippen molar-refractivity contribution in [3.63, 3.8) is 0 Å². The summed E-state index contributed by atoms with van der Waals surface area (Å²) < 4.78 is 0. The summed E-state index contributed by atoms with van der Waals surface area (Å²) in [5, 5.41) is 11.4. The Morgan fingerprint density at radius 2 is 1.15 bits per heavy atom. The smallest absolute Gasteiger partial charge is 0.248 e. The summed E-state index contributed by atoms with van der Waals surface area (Å²) in [6.07, 6.45) is 0. The van der Waals surface area contributed by atoms with E-state index in [2.05, 4.69) is 48.5 Å². The second kappa shape index (κ2) is 6.38. The van der Waals surface area contributed by atoms with Crippen LogP contribution in [0.15, 0.2) is 72.8 Å². The van der Waals surface area contributed by atoms with Gasteiger partial charge in [0, 0.05) is 5.56 Å². The van der Waals surface area contributed by atoms with E-state index in [1.807, 2.05) is 0 Å². The molecule has 0 aliphatic rings. The molecule has 0 saturated carbocycles. The van der Waals surface area contributed by atoms with Gasteiger partial charge in [0.2, 0.25) is 5.91 Å². The summed E-state index contributed by atoms with van der Waals surface area (Å²) >= 11 is 0. The summed E-state index contributed by atoms with van der Waals surface area (Å²) in [4.78, 5) is 10.5. The lowest BCUT2D eigenvalue weighted by Crippen LogP contribution is -2.10. The van der Waals surface area contributed by atoms with Crippen molar-refractivity contribution >= 4 is 16.7 Å². The molecular formula is C17H15NO2. The molecule has 3 aromatic rings. The summed E-state index contributed by atoms with van der Waals surface area (Å²) in [6, 6.07) is 22.5. The molecule has 0 aromatic heterocycles. The van der Waals surface area contributed by atoms with Gasteiger partial charge in [-0.2, -0.15) is 0 Å². The summed E-state index contributed by atoms with van der Waals surface area (Å²) in [5.74, 6) is -0.356. The van der Waals surface area contributed by atoms with Crippen LogP contribution in [0.1, 0.15) is 10.4 Å². The highest BCUT2D eigenvalue weighted by atomic mass is 16.3. The van der Waals surface area contributed by atoms with E-state index in [4.69, 9.17) is 10.8 Å². The normalized spacial score (nSPS) is 9.60. The number of carbonyl (C=O) groups is 1. The van der Waals surface area contributed by atoms with Crippen molar-refractivity contribution in [1.82, 2.24) is 0 Å². The minimum Gasteiger partial charge on any atom is -0.508 e. The maximum Gasteiger partial charge on any atom is 0.248 e. The van der Waals surface area contributed by atoms with Crippen molar-refractivity contribution in [1.29, 1.82) is 0 Å². The van der Waals surface area contributed by atoms with Gasteiger partial charge in [-0.3, -0.25) is 4.79 Å². The molecular weight excluding hydrogens is 250 g/mol. The van der Waals surface area contributed by atoms with Gasteiger partial charge < -0.3 is 10.8 Å². The molecule has 0 bridgehead atoms. The Bertz CT molecular complexity index is 640. The van der Waals surface area contributed by atoms with E-state index in [1.54, 1.807) is 0 Å². The van der Waals surface area contributed by atoms with Crippen LogP contribution in [0.4, 0.5) is 0 Å². The predicted molar refractivity (Wildman–Crippen MR) is 80.6 cm³/mol. The molecule has 20 heavy (non-hydrogen) atoms. The zero-order valence-corrected chi connectivity index (χ0v) is 10.9. The van der Waals surface area contributed by atoms with E-state index in [1.165, 1.54) is 35.0 Å². The first-order valence-corrected chi connectivity index (χ1v) is 6.19. The van der Waals surface area contributed by atoms with Crippen molar-refractivity contribution in [2.75, 3.05) is 0 Å². The number of phenols is 1. The monoisotopic (exact) mass is 265 g/mol. The Hall–Kier alpha value is -2.81. The van der Waals surface area contributed by atoms with Crippen LogP contribution in [0, 0.1) is 0 Å². The molecule has 0 unspecified atom stereocenters. The second-order valence-electron chi connectivity index (χ2n) is 4.26. The van der Waals surface area contributed by atoms with E-state index in [-0.39, 0.29) is 5.75 Å². The number of fused-ring (bicyclic) bond motifs is 1. The molecule has 1 amide bonds. The first-order chi connectivity index (χ1) is 9.66. The lowest BCUT2D eigenvalue weighted by molar-refractivity contribution is 0.100. The largest absolute Gasteiger partial charge is 0.508 e. The lowest BCUT2D eigenvalue weighted by atomic mass is 10.1. The molecule has 0 aliphatic heterocycles. The van der Waals surface area contributed by atoms with E-state index < -0.39 is 5.91 Å². The highest BCUT2D eigenvalue weighted by molar-refractivity contribution is 5.92. The van der Waals surface area contributed by atoms with E-state index in [0.29, 0.717) is 5.56 Å². The Labute approximate surface area is 117 Å². The topological polar surface area (TPSA) is 63.3 Å². The molecule has 3 rings (SSSR count). The zero-order valence-electron chi connectivity index (χ0n) is 10.9. The number of rotatable bonds is 1. The Kier molecular flexibility index (Phi) is 4.35. The molecule has 0 spiro atoms. The van der Waals surface area contributed by atoms with Crippen LogP contribution in [-0.2, 0) is 0 Å². The SMILES string of the molecule is NC(=O)c1ccc(O)cc1.c1ccc2ccccc2c1. The summed E-state index contributed by atoms with van der Waals surface area (Å²) in [5.41, 5.74) is 5.34. The predicted octanol–water partition coefficient (Wildman–Crippen LogP) is 3.33. The van der Waals surface area contributed by atoms with Crippen molar-refractivity contribution < 1.29 is 9.90 Å². The van der Waals surface area contributed by atoms with Gasteiger partial charge in [0.15, 0.2) is 0 Å². The highest BCUT2D eigenvalue weighted by Gasteiger charge is 1.96. The van der Waals surface area contributed by atoms with Crippen LogP contribution < -0.4 is 5.73 Å². The van der Waals surface area contributed by atoms with Crippen LogP contribution >= 0.6 is 0 Å². The van der Waals surface area contributed by atoms with Gasteiger partial charge in [-0.05, 0) is 35.0 Å². The Balaban J connectivity index is 0.000000147.